The van der Waals surface area contributed by atoms with Crippen molar-refractivity contribution in [3.8, 4) is 0 Å². The molecule has 1 amide bonds. The maximum Gasteiger partial charge on any atom is 0.258 e. The Kier molecular flexibility index (Phi) is 5.95. The molecule has 1 aromatic carbocycles. The molecule has 7 heteroatoms. The van der Waals surface area contributed by atoms with Crippen LogP contribution in [0.25, 0.3) is 10.9 Å². The zero-order chi connectivity index (χ0) is 20.1. The molecule has 1 fully saturated rings. The molecular weight excluding hydrogens is 366 g/mol. The van der Waals surface area contributed by atoms with E-state index in [0.717, 1.165) is 32.7 Å². The second-order valence-corrected chi connectivity index (χ2v) is 7.40. The molecule has 150 valence electrons. The first-order chi connectivity index (χ1) is 14.2. The summed E-state index contributed by atoms with van der Waals surface area (Å²) in [5.74, 6) is 0.817. The normalized spacial score (nSPS) is 15.0. The zero-order valence-corrected chi connectivity index (χ0v) is 16.4. The summed E-state index contributed by atoms with van der Waals surface area (Å²) in [7, 11) is 0. The van der Waals surface area contributed by atoms with Crippen LogP contribution < -0.4 is 5.56 Å². The lowest BCUT2D eigenvalue weighted by atomic mass is 10.1. The van der Waals surface area contributed by atoms with Gasteiger partial charge in [0.2, 0.25) is 5.91 Å². The monoisotopic (exact) mass is 391 g/mol. The number of aromatic amines is 1. The van der Waals surface area contributed by atoms with Crippen LogP contribution in [-0.2, 0) is 17.8 Å². The Hall–Kier alpha value is -3.06. The molecule has 4 rings (SSSR count). The number of rotatable bonds is 6. The molecule has 3 heterocycles. The Morgan fingerprint density at radius 3 is 2.69 bits per heavy atom. The van der Waals surface area contributed by atoms with Crippen LogP contribution in [0, 0.1) is 0 Å². The Balaban J connectivity index is 1.24. The van der Waals surface area contributed by atoms with Crippen molar-refractivity contribution in [3.05, 3.63) is 70.5 Å². The molecule has 3 aromatic rings. The third-order valence-electron chi connectivity index (χ3n) is 5.32. The number of nitrogens with one attached hydrogen (secondary N) is 1. The summed E-state index contributed by atoms with van der Waals surface area (Å²) in [6.07, 6.45) is 5.41. The van der Waals surface area contributed by atoms with Gasteiger partial charge in [-0.25, -0.2) is 4.98 Å². The number of nitrogens with zero attached hydrogens (tertiary/aromatic N) is 4. The first-order valence-corrected chi connectivity index (χ1v) is 10.1. The molecule has 2 aromatic heterocycles. The van der Waals surface area contributed by atoms with Gasteiger partial charge in [-0.1, -0.05) is 18.2 Å². The Morgan fingerprint density at radius 2 is 1.90 bits per heavy atom. The van der Waals surface area contributed by atoms with Crippen molar-refractivity contribution < 1.29 is 4.79 Å². The molecule has 0 atom stereocenters. The Bertz CT molecular complexity index is 1030. The summed E-state index contributed by atoms with van der Waals surface area (Å²) >= 11 is 0. The van der Waals surface area contributed by atoms with Gasteiger partial charge in [-0.15, -0.1) is 0 Å². The molecule has 0 unspecified atom stereocenters. The predicted molar refractivity (Wildman–Crippen MR) is 111 cm³/mol. The van der Waals surface area contributed by atoms with Crippen molar-refractivity contribution in [2.24, 2.45) is 0 Å². The highest BCUT2D eigenvalue weighted by Crippen LogP contribution is 2.11. The number of fused-ring (bicyclic) bond motifs is 1. The van der Waals surface area contributed by atoms with Crippen LogP contribution in [-0.4, -0.2) is 56.8 Å². The van der Waals surface area contributed by atoms with Gasteiger partial charge < -0.3 is 9.88 Å². The van der Waals surface area contributed by atoms with Crippen molar-refractivity contribution in [1.29, 1.82) is 0 Å². The van der Waals surface area contributed by atoms with Gasteiger partial charge in [-0.05, 0) is 30.2 Å². The van der Waals surface area contributed by atoms with E-state index in [-0.39, 0.29) is 11.5 Å². The fraction of sp³-hybridized carbons (Fsp3) is 0.364. The van der Waals surface area contributed by atoms with E-state index in [1.54, 1.807) is 12.3 Å². The number of aromatic nitrogens is 3. The average molecular weight is 391 g/mol. The number of carbonyl (C=O) groups is 1. The van der Waals surface area contributed by atoms with Gasteiger partial charge in [0.05, 0.1) is 10.9 Å². The third-order valence-corrected chi connectivity index (χ3v) is 5.32. The number of benzene rings is 1. The number of para-hydroxylation sites is 1. The molecule has 1 saturated heterocycles. The van der Waals surface area contributed by atoms with E-state index in [1.807, 2.05) is 35.4 Å². The van der Waals surface area contributed by atoms with Crippen LogP contribution >= 0.6 is 0 Å². The highest BCUT2D eigenvalue weighted by Gasteiger charge is 2.20. The maximum absolute atomic E-state index is 12.5. The van der Waals surface area contributed by atoms with E-state index in [9.17, 15) is 9.59 Å². The number of H-pyrrole nitrogens is 1. The van der Waals surface area contributed by atoms with Crippen molar-refractivity contribution >= 4 is 16.8 Å². The molecule has 1 N–H and O–H groups in total. The van der Waals surface area contributed by atoms with Gasteiger partial charge in [0, 0.05) is 58.0 Å². The first kappa shape index (κ1) is 19.3. The molecule has 0 saturated carbocycles. The molecule has 29 heavy (non-hydrogen) atoms. The SMILES string of the molecule is O=C(CCCc1nc2ccccc2c(=O)[nH]1)N1CCN(Cc2cccnc2)CC1. The topological polar surface area (TPSA) is 82.2 Å². The number of piperazine rings is 1. The largest absolute Gasteiger partial charge is 0.340 e. The molecule has 7 nitrogen and oxygen atoms in total. The van der Waals surface area contributed by atoms with Crippen molar-refractivity contribution in [2.45, 2.75) is 25.8 Å². The predicted octanol–water partition coefficient (Wildman–Crippen LogP) is 1.99. The average Bonchev–Trinajstić information content (AvgIpc) is 2.75. The van der Waals surface area contributed by atoms with Gasteiger partial charge in [0.25, 0.3) is 5.56 Å². The molecule has 0 aliphatic carbocycles. The van der Waals surface area contributed by atoms with E-state index >= 15 is 0 Å². The number of aryl methyl sites for hydroxylation is 1. The van der Waals surface area contributed by atoms with Gasteiger partial charge in [0.15, 0.2) is 0 Å². The highest BCUT2D eigenvalue weighted by atomic mass is 16.2. The lowest BCUT2D eigenvalue weighted by molar-refractivity contribution is -0.133. The molecule has 0 bridgehead atoms. The van der Waals surface area contributed by atoms with Crippen molar-refractivity contribution in [1.82, 2.24) is 24.8 Å². The van der Waals surface area contributed by atoms with Gasteiger partial charge in [0.1, 0.15) is 5.82 Å². The number of hydrogen-bond donors (Lipinski definition) is 1. The standard InChI is InChI=1S/C22H25N5O2/c28-21(27-13-11-26(12-14-27)16-17-5-4-10-23-15-17)9-3-8-20-24-19-7-2-1-6-18(19)22(29)25-20/h1-2,4-7,10,15H,3,8-9,11-14,16H2,(H,24,25,29). The Labute approximate surface area is 169 Å². The minimum Gasteiger partial charge on any atom is -0.340 e. The van der Waals surface area contributed by atoms with E-state index < -0.39 is 0 Å². The van der Waals surface area contributed by atoms with Crippen LogP contribution in [0.5, 0.6) is 0 Å². The fourth-order valence-electron chi connectivity index (χ4n) is 3.72. The fourth-order valence-corrected chi connectivity index (χ4v) is 3.72. The highest BCUT2D eigenvalue weighted by molar-refractivity contribution is 5.77. The minimum absolute atomic E-state index is 0.123. The van der Waals surface area contributed by atoms with E-state index in [2.05, 4.69) is 25.9 Å². The molecule has 1 aliphatic rings. The number of amides is 1. The molecule has 1 aliphatic heterocycles. The quantitative estimate of drug-likeness (QED) is 0.695. The van der Waals surface area contributed by atoms with Gasteiger partial charge in [-0.3, -0.25) is 19.5 Å². The van der Waals surface area contributed by atoms with E-state index in [0.29, 0.717) is 36.0 Å². The number of hydrogen-bond acceptors (Lipinski definition) is 5. The second kappa shape index (κ2) is 8.96. The van der Waals surface area contributed by atoms with Crippen LogP contribution in [0.1, 0.15) is 24.2 Å². The summed E-state index contributed by atoms with van der Waals surface area (Å²) in [4.78, 5) is 40.4. The van der Waals surface area contributed by atoms with Crippen LogP contribution in [0.3, 0.4) is 0 Å². The van der Waals surface area contributed by atoms with Crippen molar-refractivity contribution in [2.75, 3.05) is 26.2 Å². The van der Waals surface area contributed by atoms with Crippen LogP contribution in [0.4, 0.5) is 0 Å². The number of pyridine rings is 1. The molecule has 0 spiro atoms. The minimum atomic E-state index is -0.123. The smallest absolute Gasteiger partial charge is 0.258 e. The third kappa shape index (κ3) is 4.86. The summed E-state index contributed by atoms with van der Waals surface area (Å²) < 4.78 is 0. The number of carbonyl (C=O) groups excluding carboxylic acids is 1. The van der Waals surface area contributed by atoms with Crippen LogP contribution in [0.2, 0.25) is 0 Å². The van der Waals surface area contributed by atoms with Crippen LogP contribution in [0.15, 0.2) is 53.6 Å². The lowest BCUT2D eigenvalue weighted by Crippen LogP contribution is -2.48. The summed E-state index contributed by atoms with van der Waals surface area (Å²) in [6.45, 7) is 4.13. The summed E-state index contributed by atoms with van der Waals surface area (Å²) in [6, 6.07) is 11.3. The lowest BCUT2D eigenvalue weighted by Gasteiger charge is -2.34. The maximum atomic E-state index is 12.5. The Morgan fingerprint density at radius 1 is 1.07 bits per heavy atom. The van der Waals surface area contributed by atoms with Crippen molar-refractivity contribution in [3.63, 3.8) is 0 Å². The van der Waals surface area contributed by atoms with E-state index in [1.165, 1.54) is 5.56 Å². The molecular formula is C22H25N5O2. The first-order valence-electron chi connectivity index (χ1n) is 10.1. The zero-order valence-electron chi connectivity index (χ0n) is 16.4. The second-order valence-electron chi connectivity index (χ2n) is 7.40. The van der Waals surface area contributed by atoms with E-state index in [4.69, 9.17) is 0 Å². The van der Waals surface area contributed by atoms with Gasteiger partial charge >= 0.3 is 0 Å². The molecule has 0 radical (unpaired) electrons. The summed E-state index contributed by atoms with van der Waals surface area (Å²) in [5.41, 5.74) is 1.77. The van der Waals surface area contributed by atoms with Gasteiger partial charge in [-0.2, -0.15) is 0 Å². The summed E-state index contributed by atoms with van der Waals surface area (Å²) in [5, 5.41) is 0.594.